The summed E-state index contributed by atoms with van der Waals surface area (Å²) in [4.78, 5) is 11.5. The van der Waals surface area contributed by atoms with E-state index in [1.807, 2.05) is 12.1 Å². The standard InChI is InChI=1S/C11H12O3S/c12-11(13)3-1-2-8-4-5-9-10(6-8)15-7-14-9/h4-6H,1-3,7H2,(H,12,13). The summed E-state index contributed by atoms with van der Waals surface area (Å²) in [5.41, 5.74) is 1.19. The summed E-state index contributed by atoms with van der Waals surface area (Å²) in [5, 5.41) is 8.52. The van der Waals surface area contributed by atoms with Crippen LogP contribution >= 0.6 is 11.8 Å². The largest absolute Gasteiger partial charge is 0.481 e. The van der Waals surface area contributed by atoms with E-state index in [4.69, 9.17) is 9.84 Å². The van der Waals surface area contributed by atoms with Gasteiger partial charge in [0.1, 0.15) is 11.7 Å². The van der Waals surface area contributed by atoms with Gasteiger partial charge in [0.2, 0.25) is 0 Å². The van der Waals surface area contributed by atoms with E-state index in [2.05, 4.69) is 6.07 Å². The molecule has 0 saturated heterocycles. The topological polar surface area (TPSA) is 46.5 Å². The molecular weight excluding hydrogens is 212 g/mol. The van der Waals surface area contributed by atoms with Crippen LogP contribution in [0.2, 0.25) is 0 Å². The summed E-state index contributed by atoms with van der Waals surface area (Å²) in [6.45, 7) is 0. The Bertz CT molecular complexity index is 376. The second-order valence-corrected chi connectivity index (χ2v) is 4.40. The van der Waals surface area contributed by atoms with Gasteiger partial charge in [-0.15, -0.1) is 0 Å². The zero-order chi connectivity index (χ0) is 10.7. The fraction of sp³-hybridized carbons (Fsp3) is 0.364. The third-order valence-corrected chi connectivity index (χ3v) is 3.16. The van der Waals surface area contributed by atoms with Gasteiger partial charge in [-0.3, -0.25) is 4.79 Å². The number of carboxylic acids is 1. The van der Waals surface area contributed by atoms with Crippen molar-refractivity contribution in [3.63, 3.8) is 0 Å². The summed E-state index contributed by atoms with van der Waals surface area (Å²) in [6, 6.07) is 6.06. The van der Waals surface area contributed by atoms with Gasteiger partial charge in [-0.25, -0.2) is 0 Å². The number of fused-ring (bicyclic) bond motifs is 1. The average Bonchev–Trinajstić information content (AvgIpc) is 2.64. The van der Waals surface area contributed by atoms with Crippen LogP contribution in [0.25, 0.3) is 0 Å². The van der Waals surface area contributed by atoms with E-state index in [0.717, 1.165) is 12.2 Å². The van der Waals surface area contributed by atoms with Crippen LogP contribution in [0.3, 0.4) is 0 Å². The fourth-order valence-electron chi connectivity index (χ4n) is 1.54. The number of carboxylic acid groups (broad SMARTS) is 1. The molecule has 4 heteroatoms. The molecule has 1 aromatic carbocycles. The van der Waals surface area contributed by atoms with E-state index in [-0.39, 0.29) is 6.42 Å². The number of carbonyl (C=O) groups is 1. The van der Waals surface area contributed by atoms with Crippen LogP contribution in [0.15, 0.2) is 23.1 Å². The highest BCUT2D eigenvalue weighted by molar-refractivity contribution is 7.99. The summed E-state index contributed by atoms with van der Waals surface area (Å²) in [7, 11) is 0. The van der Waals surface area contributed by atoms with Crippen molar-refractivity contribution in [2.75, 3.05) is 5.94 Å². The minimum absolute atomic E-state index is 0.237. The lowest BCUT2D eigenvalue weighted by Gasteiger charge is -2.02. The Morgan fingerprint density at radius 3 is 3.20 bits per heavy atom. The van der Waals surface area contributed by atoms with Crippen LogP contribution < -0.4 is 4.74 Å². The van der Waals surface area contributed by atoms with Crippen LogP contribution in [0.4, 0.5) is 0 Å². The molecule has 1 aromatic rings. The van der Waals surface area contributed by atoms with E-state index in [0.29, 0.717) is 12.4 Å². The summed E-state index contributed by atoms with van der Waals surface area (Å²) in [5.74, 6) is 0.907. The van der Waals surface area contributed by atoms with Crippen molar-refractivity contribution in [3.05, 3.63) is 23.8 Å². The van der Waals surface area contributed by atoms with Crippen molar-refractivity contribution in [1.29, 1.82) is 0 Å². The van der Waals surface area contributed by atoms with Crippen molar-refractivity contribution in [1.82, 2.24) is 0 Å². The molecule has 0 unspecified atom stereocenters. The first-order valence-electron chi connectivity index (χ1n) is 4.86. The van der Waals surface area contributed by atoms with Gasteiger partial charge in [-0.2, -0.15) is 0 Å². The highest BCUT2D eigenvalue weighted by atomic mass is 32.2. The Labute approximate surface area is 92.4 Å². The Morgan fingerprint density at radius 2 is 2.40 bits per heavy atom. The molecule has 3 nitrogen and oxygen atoms in total. The van der Waals surface area contributed by atoms with E-state index < -0.39 is 5.97 Å². The lowest BCUT2D eigenvalue weighted by Crippen LogP contribution is -1.95. The molecule has 0 aromatic heterocycles. The molecule has 0 amide bonds. The van der Waals surface area contributed by atoms with Crippen LogP contribution in [-0.2, 0) is 11.2 Å². The number of hydrogen-bond acceptors (Lipinski definition) is 3. The van der Waals surface area contributed by atoms with Crippen LogP contribution in [0.5, 0.6) is 5.75 Å². The van der Waals surface area contributed by atoms with Crippen LogP contribution in [0, 0.1) is 0 Å². The Hall–Kier alpha value is -1.16. The van der Waals surface area contributed by atoms with Gasteiger partial charge >= 0.3 is 5.97 Å². The maximum Gasteiger partial charge on any atom is 0.303 e. The van der Waals surface area contributed by atoms with Crippen molar-refractivity contribution >= 4 is 17.7 Å². The molecule has 1 aliphatic heterocycles. The SMILES string of the molecule is O=C(O)CCCc1ccc2c(c1)SCO2. The van der Waals surface area contributed by atoms with Gasteiger partial charge in [-0.1, -0.05) is 17.8 Å². The predicted molar refractivity (Wildman–Crippen MR) is 58.4 cm³/mol. The van der Waals surface area contributed by atoms with E-state index >= 15 is 0 Å². The number of rotatable bonds is 4. The number of ether oxygens (including phenoxy) is 1. The third kappa shape index (κ3) is 2.65. The van der Waals surface area contributed by atoms with Crippen molar-refractivity contribution < 1.29 is 14.6 Å². The van der Waals surface area contributed by atoms with Gasteiger partial charge in [-0.05, 0) is 30.5 Å². The molecule has 0 bridgehead atoms. The van der Waals surface area contributed by atoms with Crippen LogP contribution in [0.1, 0.15) is 18.4 Å². The highest BCUT2D eigenvalue weighted by Crippen LogP contribution is 2.36. The first-order valence-corrected chi connectivity index (χ1v) is 5.84. The average molecular weight is 224 g/mol. The molecule has 1 N–H and O–H groups in total. The maximum atomic E-state index is 10.4. The molecule has 15 heavy (non-hydrogen) atoms. The molecule has 0 atom stereocenters. The van der Waals surface area contributed by atoms with Gasteiger partial charge in [0.15, 0.2) is 0 Å². The zero-order valence-electron chi connectivity index (χ0n) is 8.23. The van der Waals surface area contributed by atoms with Gasteiger partial charge in [0.25, 0.3) is 0 Å². The van der Waals surface area contributed by atoms with E-state index in [1.165, 1.54) is 10.5 Å². The quantitative estimate of drug-likeness (QED) is 0.853. The molecule has 0 saturated carbocycles. The van der Waals surface area contributed by atoms with Crippen molar-refractivity contribution in [2.45, 2.75) is 24.2 Å². The predicted octanol–water partition coefficient (Wildman–Crippen LogP) is 2.54. The molecule has 1 heterocycles. The zero-order valence-corrected chi connectivity index (χ0v) is 9.05. The first kappa shape index (κ1) is 10.4. The first-order chi connectivity index (χ1) is 7.25. The van der Waals surface area contributed by atoms with Gasteiger partial charge in [0, 0.05) is 6.42 Å². The van der Waals surface area contributed by atoms with Gasteiger partial charge in [0.05, 0.1) is 4.90 Å². The summed E-state index contributed by atoms with van der Waals surface area (Å²) < 4.78 is 5.36. The minimum atomic E-state index is -0.728. The number of thioether (sulfide) groups is 1. The molecule has 1 aliphatic rings. The lowest BCUT2D eigenvalue weighted by molar-refractivity contribution is -0.137. The molecule has 0 radical (unpaired) electrons. The van der Waals surface area contributed by atoms with E-state index in [9.17, 15) is 4.79 Å². The molecule has 0 spiro atoms. The molecular formula is C11H12O3S. The summed E-state index contributed by atoms with van der Waals surface area (Å²) >= 11 is 1.68. The monoisotopic (exact) mass is 224 g/mol. The number of hydrogen-bond donors (Lipinski definition) is 1. The number of benzene rings is 1. The van der Waals surface area contributed by atoms with E-state index in [1.54, 1.807) is 11.8 Å². The lowest BCUT2D eigenvalue weighted by atomic mass is 10.1. The molecule has 0 fully saturated rings. The second kappa shape index (κ2) is 4.57. The highest BCUT2D eigenvalue weighted by Gasteiger charge is 2.12. The third-order valence-electron chi connectivity index (χ3n) is 2.29. The smallest absolute Gasteiger partial charge is 0.303 e. The van der Waals surface area contributed by atoms with Crippen molar-refractivity contribution in [3.8, 4) is 5.75 Å². The number of aryl methyl sites for hydroxylation is 1. The Morgan fingerprint density at radius 1 is 1.53 bits per heavy atom. The van der Waals surface area contributed by atoms with Crippen LogP contribution in [-0.4, -0.2) is 17.0 Å². The Kier molecular flexibility index (Phi) is 3.16. The molecule has 80 valence electrons. The summed E-state index contributed by atoms with van der Waals surface area (Å²) in [6.07, 6.45) is 1.75. The number of aliphatic carboxylic acids is 1. The van der Waals surface area contributed by atoms with Crippen molar-refractivity contribution in [2.24, 2.45) is 0 Å². The molecule has 0 aliphatic carbocycles. The fourth-order valence-corrected chi connectivity index (χ4v) is 2.36. The minimum Gasteiger partial charge on any atom is -0.481 e. The maximum absolute atomic E-state index is 10.4. The molecule has 2 rings (SSSR count). The van der Waals surface area contributed by atoms with Gasteiger partial charge < -0.3 is 9.84 Å². The Balaban J connectivity index is 1.95. The second-order valence-electron chi connectivity index (χ2n) is 3.43. The normalized spacial score (nSPS) is 13.3.